The number of carbonyl (C=O) groups is 1. The zero-order valence-electron chi connectivity index (χ0n) is 11.1. The van der Waals surface area contributed by atoms with E-state index in [1.54, 1.807) is 23.9 Å². The summed E-state index contributed by atoms with van der Waals surface area (Å²) in [7, 11) is 0. The van der Waals surface area contributed by atoms with Crippen molar-refractivity contribution in [2.75, 3.05) is 13.1 Å². The maximum atomic E-state index is 12.0. The third-order valence-electron chi connectivity index (χ3n) is 2.90. The van der Waals surface area contributed by atoms with Crippen LogP contribution in [0.4, 0.5) is 0 Å². The Morgan fingerprint density at radius 2 is 2.21 bits per heavy atom. The van der Waals surface area contributed by atoms with Gasteiger partial charge in [0.1, 0.15) is 5.71 Å². The van der Waals surface area contributed by atoms with Crippen molar-refractivity contribution in [1.82, 2.24) is 15.6 Å². The lowest BCUT2D eigenvalue weighted by Gasteiger charge is -2.23. The second kappa shape index (κ2) is 6.47. The van der Waals surface area contributed by atoms with E-state index in [-0.39, 0.29) is 11.3 Å². The summed E-state index contributed by atoms with van der Waals surface area (Å²) in [4.78, 5) is 14.1. The average molecular weight is 278 g/mol. The molecular weight excluding hydrogens is 260 g/mol. The molecule has 2 rings (SSSR count). The number of allylic oxidation sites excluding steroid dienone is 3. The molecule has 2 N–H and O–H groups in total. The lowest BCUT2D eigenvalue weighted by Crippen LogP contribution is -2.32. The van der Waals surface area contributed by atoms with Gasteiger partial charge in [-0.3, -0.25) is 10.2 Å². The predicted octanol–water partition coefficient (Wildman–Crippen LogP) is 1.39. The molecule has 1 atom stereocenters. The Morgan fingerprint density at radius 1 is 1.42 bits per heavy atom. The molecule has 0 radical (unpaired) electrons. The van der Waals surface area contributed by atoms with E-state index in [9.17, 15) is 4.79 Å². The molecule has 19 heavy (non-hydrogen) atoms. The van der Waals surface area contributed by atoms with E-state index >= 15 is 0 Å². The van der Waals surface area contributed by atoms with Crippen molar-refractivity contribution >= 4 is 23.3 Å². The van der Waals surface area contributed by atoms with Crippen LogP contribution in [-0.4, -0.2) is 35.0 Å². The summed E-state index contributed by atoms with van der Waals surface area (Å²) in [5, 5.41) is 9.14. The zero-order valence-corrected chi connectivity index (χ0v) is 11.9. The smallest absolute Gasteiger partial charge is 0.208 e. The molecule has 0 saturated heterocycles. The first-order valence-electron chi connectivity index (χ1n) is 6.33. The van der Waals surface area contributed by atoms with E-state index in [1.807, 2.05) is 17.7 Å². The van der Waals surface area contributed by atoms with Crippen molar-refractivity contribution in [3.63, 3.8) is 0 Å². The molecule has 5 nitrogen and oxygen atoms in total. The zero-order chi connectivity index (χ0) is 13.7. The van der Waals surface area contributed by atoms with Crippen molar-refractivity contribution in [3.05, 3.63) is 35.5 Å². The second-order valence-corrected chi connectivity index (χ2v) is 5.07. The molecule has 0 fully saturated rings. The molecule has 1 aliphatic heterocycles. The topological polar surface area (TPSA) is 56.7 Å². The number of likely N-dealkylation sites (N-methyl/N-ethyl adjacent to an activating group) is 1. The molecule has 0 aromatic heterocycles. The number of hydrazone groups is 1. The Morgan fingerprint density at radius 3 is 2.79 bits per heavy atom. The molecule has 0 aromatic rings. The van der Waals surface area contributed by atoms with Crippen LogP contribution in [0.25, 0.3) is 0 Å². The number of thioether (sulfide) groups is 1. The number of carbonyl (C=O) groups excluding carboxylic acids is 1. The van der Waals surface area contributed by atoms with Gasteiger partial charge in [-0.05, 0) is 31.4 Å². The maximum absolute atomic E-state index is 12.0. The fourth-order valence-electron chi connectivity index (χ4n) is 1.86. The molecule has 1 aliphatic carbocycles. The summed E-state index contributed by atoms with van der Waals surface area (Å²) >= 11 is 1.58. The fraction of sp³-hybridized carbons (Fsp3) is 0.385. The first-order chi connectivity index (χ1) is 9.24. The first-order valence-corrected chi connectivity index (χ1v) is 7.27. The van der Waals surface area contributed by atoms with Crippen LogP contribution in [-0.2, 0) is 4.79 Å². The van der Waals surface area contributed by atoms with E-state index in [2.05, 4.69) is 34.6 Å². The van der Waals surface area contributed by atoms with Gasteiger partial charge in [0, 0.05) is 31.1 Å². The minimum Gasteiger partial charge on any atom is -0.372 e. The average Bonchev–Trinajstić information content (AvgIpc) is 2.92. The van der Waals surface area contributed by atoms with Gasteiger partial charge in [-0.15, -0.1) is 0 Å². The minimum absolute atomic E-state index is 0.00172. The second-order valence-electron chi connectivity index (χ2n) is 4.05. The van der Waals surface area contributed by atoms with Crippen LogP contribution in [0.1, 0.15) is 13.8 Å². The third kappa shape index (κ3) is 3.41. The fourth-order valence-corrected chi connectivity index (χ4v) is 2.45. The molecule has 0 bridgehead atoms. The molecular formula is C13H18N4OS. The normalized spacial score (nSPS) is 23.5. The summed E-state index contributed by atoms with van der Waals surface area (Å²) in [5.74, 6) is -0.0622. The van der Waals surface area contributed by atoms with Crippen molar-refractivity contribution in [2.24, 2.45) is 5.10 Å². The van der Waals surface area contributed by atoms with E-state index in [0.717, 1.165) is 18.8 Å². The van der Waals surface area contributed by atoms with E-state index in [1.165, 1.54) is 0 Å². The van der Waals surface area contributed by atoms with Gasteiger partial charge in [-0.25, -0.2) is 0 Å². The lowest BCUT2D eigenvalue weighted by atomic mass is 10.1. The molecule has 1 heterocycles. The highest BCUT2D eigenvalue weighted by Gasteiger charge is 2.16. The first kappa shape index (κ1) is 13.7. The number of rotatable bonds is 5. The molecule has 0 amide bonds. The molecule has 0 spiro atoms. The quantitative estimate of drug-likeness (QED) is 0.588. The summed E-state index contributed by atoms with van der Waals surface area (Å²) in [5.41, 5.74) is 4.30. The van der Waals surface area contributed by atoms with Crippen LogP contribution in [0.5, 0.6) is 0 Å². The van der Waals surface area contributed by atoms with E-state index < -0.39 is 0 Å². The molecule has 0 aromatic carbocycles. The Labute approximate surface area is 117 Å². The van der Waals surface area contributed by atoms with Gasteiger partial charge in [-0.1, -0.05) is 11.8 Å². The summed E-state index contributed by atoms with van der Waals surface area (Å²) in [6, 6.07) is 0. The van der Waals surface area contributed by atoms with Crippen LogP contribution in [0, 0.1) is 0 Å². The molecule has 102 valence electrons. The van der Waals surface area contributed by atoms with Gasteiger partial charge < -0.3 is 10.2 Å². The van der Waals surface area contributed by atoms with Crippen LogP contribution in [0.15, 0.2) is 40.6 Å². The SMILES string of the molecule is CCN(CC)C1=CC(=O)/C(=N\NC2NC=CS2)C=C1. The largest absolute Gasteiger partial charge is 0.372 e. The molecule has 1 unspecified atom stereocenters. The Balaban J connectivity index is 1.98. The van der Waals surface area contributed by atoms with E-state index in [0.29, 0.717) is 5.71 Å². The molecule has 2 aliphatic rings. The highest BCUT2D eigenvalue weighted by Crippen LogP contribution is 2.13. The maximum Gasteiger partial charge on any atom is 0.208 e. The van der Waals surface area contributed by atoms with Crippen LogP contribution < -0.4 is 10.7 Å². The summed E-state index contributed by atoms with van der Waals surface area (Å²) in [6.45, 7) is 5.92. The Hall–Kier alpha value is -1.69. The highest BCUT2D eigenvalue weighted by atomic mass is 32.2. The standard InChI is InChI=1S/C13H18N4OS/c1-3-17(4-2)10-5-6-11(12(18)9-10)15-16-13-14-7-8-19-13/h5-9,13-14,16H,3-4H2,1-2H3/b15-11-. The van der Waals surface area contributed by atoms with Crippen LogP contribution in [0.3, 0.4) is 0 Å². The van der Waals surface area contributed by atoms with E-state index in [4.69, 9.17) is 0 Å². The van der Waals surface area contributed by atoms with Gasteiger partial charge in [0.05, 0.1) is 0 Å². The van der Waals surface area contributed by atoms with Gasteiger partial charge in [0.25, 0.3) is 0 Å². The Kier molecular flexibility index (Phi) is 4.68. The van der Waals surface area contributed by atoms with Crippen LogP contribution >= 0.6 is 11.8 Å². The van der Waals surface area contributed by atoms with Gasteiger partial charge in [0.15, 0.2) is 5.50 Å². The van der Waals surface area contributed by atoms with Gasteiger partial charge in [0.2, 0.25) is 5.78 Å². The molecule has 0 saturated carbocycles. The number of ketones is 1. The summed E-state index contributed by atoms with van der Waals surface area (Å²) < 4.78 is 0. The third-order valence-corrected chi connectivity index (χ3v) is 3.71. The van der Waals surface area contributed by atoms with Crippen LogP contribution in [0.2, 0.25) is 0 Å². The number of hydrogen-bond acceptors (Lipinski definition) is 6. The molecule has 6 heteroatoms. The lowest BCUT2D eigenvalue weighted by molar-refractivity contribution is -0.109. The number of hydrogen-bond donors (Lipinski definition) is 2. The van der Waals surface area contributed by atoms with Crippen molar-refractivity contribution in [1.29, 1.82) is 0 Å². The minimum atomic E-state index is -0.0622. The van der Waals surface area contributed by atoms with Crippen molar-refractivity contribution in [2.45, 2.75) is 19.3 Å². The highest BCUT2D eigenvalue weighted by molar-refractivity contribution is 8.02. The van der Waals surface area contributed by atoms with Gasteiger partial charge >= 0.3 is 0 Å². The van der Waals surface area contributed by atoms with Crippen molar-refractivity contribution in [3.8, 4) is 0 Å². The predicted molar refractivity (Wildman–Crippen MR) is 79.4 cm³/mol. The Bertz CT molecular complexity index is 455. The van der Waals surface area contributed by atoms with Crippen molar-refractivity contribution < 1.29 is 4.79 Å². The number of nitrogens with one attached hydrogen (secondary N) is 2. The summed E-state index contributed by atoms with van der Waals surface area (Å²) in [6.07, 6.45) is 7.18. The van der Waals surface area contributed by atoms with Gasteiger partial charge in [-0.2, -0.15) is 5.10 Å². The monoisotopic (exact) mass is 278 g/mol. The number of nitrogens with zero attached hydrogens (tertiary/aromatic N) is 2.